The molecule has 1 aromatic rings. The summed E-state index contributed by atoms with van der Waals surface area (Å²) in [5.41, 5.74) is 4.03. The van der Waals surface area contributed by atoms with Crippen LogP contribution >= 0.6 is 0 Å². The van der Waals surface area contributed by atoms with E-state index in [4.69, 9.17) is 4.74 Å². The van der Waals surface area contributed by atoms with E-state index in [1.165, 1.54) is 16.8 Å². The zero-order valence-electron chi connectivity index (χ0n) is 8.21. The van der Waals surface area contributed by atoms with Gasteiger partial charge < -0.3 is 4.74 Å². The maximum absolute atomic E-state index is 5.19. The normalized spacial score (nSPS) is 17.1. The molecule has 0 saturated carbocycles. The molecule has 1 fully saturated rings. The summed E-state index contributed by atoms with van der Waals surface area (Å²) < 4.78 is 5.19. The second-order valence-electron chi connectivity index (χ2n) is 3.58. The smallest absolute Gasteiger partial charge is 0.0572 e. The molecule has 0 aromatic carbocycles. The summed E-state index contributed by atoms with van der Waals surface area (Å²) in [7, 11) is 0. The lowest BCUT2D eigenvalue weighted by Crippen LogP contribution is -2.27. The third kappa shape index (κ3) is 1.46. The van der Waals surface area contributed by atoms with Crippen LogP contribution in [-0.4, -0.2) is 18.2 Å². The molecule has 0 amide bonds. The van der Waals surface area contributed by atoms with E-state index in [0.717, 1.165) is 19.6 Å². The fraction of sp³-hybridized carbons (Fsp3) is 0.545. The van der Waals surface area contributed by atoms with Gasteiger partial charge in [-0.25, -0.2) is 0 Å². The van der Waals surface area contributed by atoms with Gasteiger partial charge >= 0.3 is 0 Å². The van der Waals surface area contributed by atoms with Crippen LogP contribution in [0.5, 0.6) is 0 Å². The second-order valence-corrected chi connectivity index (χ2v) is 3.58. The second kappa shape index (κ2) is 3.46. The first-order chi connectivity index (χ1) is 6.33. The molecule has 0 unspecified atom stereocenters. The predicted octanol–water partition coefficient (Wildman–Crippen LogP) is 2.07. The van der Waals surface area contributed by atoms with E-state index in [0.29, 0.717) is 5.92 Å². The molecule has 0 bridgehead atoms. The maximum Gasteiger partial charge on any atom is 0.0572 e. The topological polar surface area (TPSA) is 22.1 Å². The molecule has 13 heavy (non-hydrogen) atoms. The molecule has 1 aliphatic rings. The van der Waals surface area contributed by atoms with Gasteiger partial charge in [0, 0.05) is 12.1 Å². The SMILES string of the molecule is CCc1c(C)ccnc1C1COC1. The Hall–Kier alpha value is -0.890. The van der Waals surface area contributed by atoms with Crippen LogP contribution in [0.3, 0.4) is 0 Å². The monoisotopic (exact) mass is 177 g/mol. The van der Waals surface area contributed by atoms with Crippen molar-refractivity contribution in [3.63, 3.8) is 0 Å². The lowest BCUT2D eigenvalue weighted by atomic mass is 9.94. The van der Waals surface area contributed by atoms with Crippen LogP contribution in [0, 0.1) is 6.92 Å². The Balaban J connectivity index is 2.37. The Morgan fingerprint density at radius 1 is 1.54 bits per heavy atom. The summed E-state index contributed by atoms with van der Waals surface area (Å²) in [6.07, 6.45) is 2.98. The molecular formula is C11H15NO. The largest absolute Gasteiger partial charge is 0.380 e. The van der Waals surface area contributed by atoms with Crippen molar-refractivity contribution in [3.8, 4) is 0 Å². The number of hydrogen-bond donors (Lipinski definition) is 0. The van der Waals surface area contributed by atoms with E-state index in [1.54, 1.807) is 0 Å². The van der Waals surface area contributed by atoms with E-state index in [9.17, 15) is 0 Å². The summed E-state index contributed by atoms with van der Waals surface area (Å²) in [6.45, 7) is 6.05. The number of aromatic nitrogens is 1. The Labute approximate surface area is 78.9 Å². The molecule has 2 heteroatoms. The Morgan fingerprint density at radius 2 is 2.31 bits per heavy atom. The minimum Gasteiger partial charge on any atom is -0.380 e. The Bertz CT molecular complexity index is 305. The van der Waals surface area contributed by atoms with Crippen LogP contribution in [0.15, 0.2) is 12.3 Å². The molecule has 1 saturated heterocycles. The number of hydrogen-bond acceptors (Lipinski definition) is 2. The molecule has 0 atom stereocenters. The quantitative estimate of drug-likeness (QED) is 0.690. The summed E-state index contributed by atoms with van der Waals surface area (Å²) in [6, 6.07) is 2.09. The van der Waals surface area contributed by atoms with Crippen LogP contribution < -0.4 is 0 Å². The van der Waals surface area contributed by atoms with Gasteiger partial charge in [0.15, 0.2) is 0 Å². The first-order valence-electron chi connectivity index (χ1n) is 4.85. The highest BCUT2D eigenvalue weighted by Gasteiger charge is 2.24. The minimum atomic E-state index is 0.551. The lowest BCUT2D eigenvalue weighted by Gasteiger charge is -2.27. The molecule has 1 aliphatic heterocycles. The number of nitrogens with zero attached hydrogens (tertiary/aromatic N) is 1. The van der Waals surface area contributed by atoms with Gasteiger partial charge in [-0.2, -0.15) is 0 Å². The van der Waals surface area contributed by atoms with Gasteiger partial charge in [0.1, 0.15) is 0 Å². The zero-order valence-corrected chi connectivity index (χ0v) is 8.21. The van der Waals surface area contributed by atoms with E-state index in [2.05, 4.69) is 24.9 Å². The lowest BCUT2D eigenvalue weighted by molar-refractivity contribution is 0.00633. The number of pyridine rings is 1. The molecule has 70 valence electrons. The molecule has 0 spiro atoms. The highest BCUT2D eigenvalue weighted by Crippen LogP contribution is 2.26. The Morgan fingerprint density at radius 3 is 2.85 bits per heavy atom. The first-order valence-corrected chi connectivity index (χ1v) is 4.85. The van der Waals surface area contributed by atoms with Gasteiger partial charge in [0.2, 0.25) is 0 Å². The third-order valence-electron chi connectivity index (χ3n) is 2.70. The number of rotatable bonds is 2. The standard InChI is InChI=1S/C11H15NO/c1-3-10-8(2)4-5-12-11(10)9-6-13-7-9/h4-5,9H,3,6-7H2,1-2H3. The van der Waals surface area contributed by atoms with Crippen molar-refractivity contribution in [1.29, 1.82) is 0 Å². The van der Waals surface area contributed by atoms with Crippen molar-refractivity contribution in [2.75, 3.05) is 13.2 Å². The fourth-order valence-corrected chi connectivity index (χ4v) is 1.82. The molecule has 2 heterocycles. The van der Waals surface area contributed by atoms with Gasteiger partial charge in [-0.1, -0.05) is 6.92 Å². The van der Waals surface area contributed by atoms with Gasteiger partial charge in [-0.3, -0.25) is 4.98 Å². The third-order valence-corrected chi connectivity index (χ3v) is 2.70. The van der Waals surface area contributed by atoms with Gasteiger partial charge in [-0.15, -0.1) is 0 Å². The fourth-order valence-electron chi connectivity index (χ4n) is 1.82. The molecule has 0 aliphatic carbocycles. The van der Waals surface area contributed by atoms with Crippen molar-refractivity contribution in [2.45, 2.75) is 26.2 Å². The first kappa shape index (κ1) is 8.70. The summed E-state index contributed by atoms with van der Waals surface area (Å²) in [4.78, 5) is 4.45. The average molecular weight is 177 g/mol. The van der Waals surface area contributed by atoms with Gasteiger partial charge in [0.05, 0.1) is 18.9 Å². The highest BCUT2D eigenvalue weighted by molar-refractivity contribution is 5.32. The van der Waals surface area contributed by atoms with E-state index >= 15 is 0 Å². The Kier molecular flexibility index (Phi) is 2.32. The van der Waals surface area contributed by atoms with Crippen molar-refractivity contribution in [2.24, 2.45) is 0 Å². The number of aryl methyl sites for hydroxylation is 1. The van der Waals surface area contributed by atoms with Crippen LogP contribution in [-0.2, 0) is 11.2 Å². The molecule has 2 nitrogen and oxygen atoms in total. The summed E-state index contributed by atoms with van der Waals surface area (Å²) in [5, 5.41) is 0. The van der Waals surface area contributed by atoms with E-state index in [-0.39, 0.29) is 0 Å². The van der Waals surface area contributed by atoms with Gasteiger partial charge in [0.25, 0.3) is 0 Å². The van der Waals surface area contributed by atoms with E-state index < -0.39 is 0 Å². The van der Waals surface area contributed by atoms with Crippen molar-refractivity contribution in [1.82, 2.24) is 4.98 Å². The van der Waals surface area contributed by atoms with Crippen molar-refractivity contribution < 1.29 is 4.74 Å². The maximum atomic E-state index is 5.19. The zero-order chi connectivity index (χ0) is 9.26. The molecule has 0 N–H and O–H groups in total. The highest BCUT2D eigenvalue weighted by atomic mass is 16.5. The summed E-state index contributed by atoms with van der Waals surface area (Å²) >= 11 is 0. The molecule has 0 radical (unpaired) electrons. The number of ether oxygens (including phenoxy) is 1. The van der Waals surface area contributed by atoms with Crippen LogP contribution in [0.2, 0.25) is 0 Å². The summed E-state index contributed by atoms with van der Waals surface area (Å²) in [5.74, 6) is 0.551. The molecule has 2 rings (SSSR count). The minimum absolute atomic E-state index is 0.551. The van der Waals surface area contributed by atoms with Gasteiger partial charge in [-0.05, 0) is 30.5 Å². The van der Waals surface area contributed by atoms with Crippen molar-refractivity contribution >= 4 is 0 Å². The van der Waals surface area contributed by atoms with Crippen LogP contribution in [0.4, 0.5) is 0 Å². The molecular weight excluding hydrogens is 162 g/mol. The predicted molar refractivity (Wildman–Crippen MR) is 51.9 cm³/mol. The average Bonchev–Trinajstić information content (AvgIpc) is 2.01. The van der Waals surface area contributed by atoms with Crippen LogP contribution in [0.1, 0.15) is 29.7 Å². The van der Waals surface area contributed by atoms with E-state index in [1.807, 2.05) is 6.20 Å². The molecule has 1 aromatic heterocycles. The van der Waals surface area contributed by atoms with Crippen LogP contribution in [0.25, 0.3) is 0 Å². The van der Waals surface area contributed by atoms with Crippen molar-refractivity contribution in [3.05, 3.63) is 29.1 Å².